The molecule has 0 bridgehead atoms. The Morgan fingerprint density at radius 2 is 1.04 bits per heavy atom. The van der Waals surface area contributed by atoms with Crippen LogP contribution in [0.1, 0.15) is 34.6 Å². The van der Waals surface area contributed by atoms with Crippen LogP contribution < -0.4 is 4.98 Å². The number of rotatable bonds is 6. The number of hydrogen-bond acceptors (Lipinski definition) is 1. The van der Waals surface area contributed by atoms with E-state index in [4.69, 9.17) is 0 Å². The molecule has 1 nitrogen and oxygen atoms in total. The number of allylic oxidation sites excluding steroid dienone is 2. The standard InChI is InChI=1S/C19H43NSi3/c1-16(14-21(6,7)8)18(17(2)15-22(9,10)11)23(12,13)20-19(3,4)5/h14-15,18,20H,1-13H3/b16-14+,17-15+. The van der Waals surface area contributed by atoms with E-state index in [9.17, 15) is 0 Å². The van der Waals surface area contributed by atoms with Gasteiger partial charge in [-0.05, 0) is 34.6 Å². The van der Waals surface area contributed by atoms with Crippen LogP contribution >= 0.6 is 0 Å². The zero-order valence-corrected chi connectivity index (χ0v) is 21.2. The average Bonchev–Trinajstić information content (AvgIpc) is 2.03. The van der Waals surface area contributed by atoms with Crippen LogP contribution in [-0.4, -0.2) is 29.9 Å². The molecule has 0 radical (unpaired) electrons. The maximum absolute atomic E-state index is 4.02. The van der Waals surface area contributed by atoms with Gasteiger partial charge in [-0.15, -0.1) is 0 Å². The quantitative estimate of drug-likeness (QED) is 0.520. The molecule has 4 heteroatoms. The highest BCUT2D eigenvalue weighted by Crippen LogP contribution is 2.37. The van der Waals surface area contributed by atoms with Crippen LogP contribution in [0.2, 0.25) is 57.9 Å². The van der Waals surface area contributed by atoms with Crippen molar-refractivity contribution in [3.63, 3.8) is 0 Å². The van der Waals surface area contributed by atoms with Crippen molar-refractivity contribution in [2.45, 2.75) is 98.1 Å². The molecule has 0 aromatic heterocycles. The molecule has 0 aromatic carbocycles. The fourth-order valence-electron chi connectivity index (χ4n) is 4.07. The van der Waals surface area contributed by atoms with Gasteiger partial charge in [0.15, 0.2) is 0 Å². The van der Waals surface area contributed by atoms with Gasteiger partial charge in [0.2, 0.25) is 0 Å². The summed E-state index contributed by atoms with van der Waals surface area (Å²) in [4.78, 5) is 4.02. The van der Waals surface area contributed by atoms with E-state index in [2.05, 4.69) is 103 Å². The van der Waals surface area contributed by atoms with Gasteiger partial charge in [-0.3, -0.25) is 0 Å². The Morgan fingerprint density at radius 3 is 1.26 bits per heavy atom. The lowest BCUT2D eigenvalue weighted by Gasteiger charge is -2.41. The van der Waals surface area contributed by atoms with Gasteiger partial charge in [-0.1, -0.05) is 74.9 Å². The molecule has 0 fully saturated rings. The van der Waals surface area contributed by atoms with Crippen molar-refractivity contribution < 1.29 is 0 Å². The minimum Gasteiger partial charge on any atom is -0.332 e. The second-order valence-electron chi connectivity index (χ2n) is 11.0. The molecule has 0 unspecified atom stereocenters. The van der Waals surface area contributed by atoms with Gasteiger partial charge in [0.25, 0.3) is 0 Å². The fraction of sp³-hybridized carbons (Fsp3) is 0.789. The van der Waals surface area contributed by atoms with Gasteiger partial charge in [0.05, 0.1) is 16.1 Å². The molecule has 0 amide bonds. The normalized spacial score (nSPS) is 17.4. The molecule has 23 heavy (non-hydrogen) atoms. The SMILES string of the molecule is C/C(=C\[Si](C)(C)C)C(/C(C)=C/[Si](C)(C)C)[Si](C)(C)NC(C)(C)C. The Labute approximate surface area is 150 Å². The van der Waals surface area contributed by atoms with E-state index < -0.39 is 24.4 Å². The lowest BCUT2D eigenvalue weighted by atomic mass is 10.1. The highest BCUT2D eigenvalue weighted by atomic mass is 28.3. The minimum atomic E-state index is -1.64. The van der Waals surface area contributed by atoms with Gasteiger partial charge in [-0.2, -0.15) is 0 Å². The van der Waals surface area contributed by atoms with Crippen molar-refractivity contribution in [2.24, 2.45) is 0 Å². The van der Waals surface area contributed by atoms with E-state index >= 15 is 0 Å². The van der Waals surface area contributed by atoms with Gasteiger partial charge < -0.3 is 4.98 Å². The van der Waals surface area contributed by atoms with Crippen LogP contribution in [0.5, 0.6) is 0 Å². The summed E-state index contributed by atoms with van der Waals surface area (Å²) in [5.74, 6) is 0. The molecule has 0 rings (SSSR count). The second kappa shape index (κ2) is 7.54. The molecule has 0 atom stereocenters. The minimum absolute atomic E-state index is 0.173. The van der Waals surface area contributed by atoms with Gasteiger partial charge >= 0.3 is 0 Å². The predicted molar refractivity (Wildman–Crippen MR) is 118 cm³/mol. The van der Waals surface area contributed by atoms with Crippen molar-refractivity contribution in [3.05, 3.63) is 22.5 Å². The lowest BCUT2D eigenvalue weighted by Crippen LogP contribution is -2.57. The predicted octanol–water partition coefficient (Wildman–Crippen LogP) is 6.60. The van der Waals surface area contributed by atoms with E-state index in [1.807, 2.05) is 0 Å². The van der Waals surface area contributed by atoms with E-state index in [0.717, 1.165) is 0 Å². The zero-order valence-electron chi connectivity index (χ0n) is 18.2. The Balaban J connectivity index is 6.02. The first kappa shape index (κ1) is 23.1. The fourth-order valence-corrected chi connectivity index (χ4v) is 12.0. The van der Waals surface area contributed by atoms with Crippen molar-refractivity contribution in [1.82, 2.24) is 4.98 Å². The summed E-state index contributed by atoms with van der Waals surface area (Å²) < 4.78 is 0. The third-order valence-corrected chi connectivity index (χ3v) is 10.0. The van der Waals surface area contributed by atoms with E-state index in [-0.39, 0.29) is 5.54 Å². The summed E-state index contributed by atoms with van der Waals surface area (Å²) >= 11 is 0. The van der Waals surface area contributed by atoms with Crippen LogP contribution in [0.25, 0.3) is 0 Å². The molecule has 136 valence electrons. The van der Waals surface area contributed by atoms with Gasteiger partial charge in [0.1, 0.15) is 8.24 Å². The first-order chi connectivity index (χ1) is 9.84. The van der Waals surface area contributed by atoms with Crippen LogP contribution in [0.4, 0.5) is 0 Å². The zero-order chi connectivity index (χ0) is 18.9. The van der Waals surface area contributed by atoms with E-state index in [1.54, 1.807) is 11.1 Å². The third-order valence-electron chi connectivity index (χ3n) is 3.65. The van der Waals surface area contributed by atoms with Gasteiger partial charge in [-0.25, -0.2) is 0 Å². The van der Waals surface area contributed by atoms with Crippen molar-refractivity contribution in [1.29, 1.82) is 0 Å². The van der Waals surface area contributed by atoms with E-state index in [1.165, 1.54) is 0 Å². The molecule has 0 saturated carbocycles. The smallest absolute Gasteiger partial charge is 0.131 e. The molecule has 0 spiro atoms. The molecule has 0 aliphatic heterocycles. The van der Waals surface area contributed by atoms with Crippen LogP contribution in [0, 0.1) is 0 Å². The number of nitrogens with one attached hydrogen (secondary N) is 1. The number of hydrogen-bond donors (Lipinski definition) is 1. The molecule has 0 aromatic rings. The van der Waals surface area contributed by atoms with Crippen LogP contribution in [0.3, 0.4) is 0 Å². The van der Waals surface area contributed by atoms with Gasteiger partial charge in [0, 0.05) is 11.1 Å². The summed E-state index contributed by atoms with van der Waals surface area (Å²) in [6.45, 7) is 31.3. The summed E-state index contributed by atoms with van der Waals surface area (Å²) in [5.41, 5.74) is 9.22. The second-order valence-corrected chi connectivity index (χ2v) is 25.4. The molecular weight excluding hydrogens is 326 g/mol. The maximum Gasteiger partial charge on any atom is 0.131 e. The molecular formula is C19H43NSi3. The molecule has 0 saturated heterocycles. The molecule has 0 heterocycles. The Bertz CT molecular complexity index is 424. The topological polar surface area (TPSA) is 12.0 Å². The highest BCUT2D eigenvalue weighted by Gasteiger charge is 2.38. The highest BCUT2D eigenvalue weighted by molar-refractivity contribution is 6.83. The van der Waals surface area contributed by atoms with Crippen molar-refractivity contribution >= 4 is 24.4 Å². The molecule has 0 aliphatic rings. The first-order valence-electron chi connectivity index (χ1n) is 9.02. The Kier molecular flexibility index (Phi) is 7.57. The van der Waals surface area contributed by atoms with E-state index in [0.29, 0.717) is 5.54 Å². The molecule has 1 N–H and O–H groups in total. The Hall–Kier alpha value is 0.0906. The summed E-state index contributed by atoms with van der Waals surface area (Å²) in [5, 5.41) is 0. The summed E-state index contributed by atoms with van der Waals surface area (Å²) in [7, 11) is -4.05. The summed E-state index contributed by atoms with van der Waals surface area (Å²) in [6.07, 6.45) is 0. The maximum atomic E-state index is 4.02. The largest absolute Gasteiger partial charge is 0.332 e. The molecule has 0 aliphatic carbocycles. The van der Waals surface area contributed by atoms with Crippen molar-refractivity contribution in [2.75, 3.05) is 0 Å². The average molecular weight is 370 g/mol. The van der Waals surface area contributed by atoms with Crippen molar-refractivity contribution in [3.8, 4) is 0 Å². The monoisotopic (exact) mass is 369 g/mol. The first-order valence-corrected chi connectivity index (χ1v) is 19.3. The van der Waals surface area contributed by atoms with Crippen LogP contribution in [0.15, 0.2) is 22.5 Å². The third kappa shape index (κ3) is 9.85. The Morgan fingerprint density at radius 1 is 0.739 bits per heavy atom. The summed E-state index contributed by atoms with van der Waals surface area (Å²) in [6, 6.07) is 0. The lowest BCUT2D eigenvalue weighted by molar-refractivity contribution is 0.509. The van der Waals surface area contributed by atoms with Crippen LogP contribution in [-0.2, 0) is 0 Å².